The van der Waals surface area contributed by atoms with E-state index in [1.165, 1.54) is 16.5 Å². The van der Waals surface area contributed by atoms with Crippen molar-refractivity contribution < 1.29 is 4.42 Å². The van der Waals surface area contributed by atoms with Gasteiger partial charge >= 0.3 is 0 Å². The van der Waals surface area contributed by atoms with Gasteiger partial charge < -0.3 is 4.42 Å². The van der Waals surface area contributed by atoms with Crippen LogP contribution in [0.1, 0.15) is 0 Å². The van der Waals surface area contributed by atoms with Gasteiger partial charge in [0.25, 0.3) is 0 Å². The van der Waals surface area contributed by atoms with E-state index in [9.17, 15) is 0 Å². The number of fused-ring (bicyclic) bond motifs is 1. The van der Waals surface area contributed by atoms with Crippen LogP contribution in [-0.2, 0) is 0 Å². The van der Waals surface area contributed by atoms with Gasteiger partial charge in [-0.25, -0.2) is 0 Å². The molecule has 0 fully saturated rings. The maximum absolute atomic E-state index is 6.14. The Labute approximate surface area is 142 Å². The topological polar surface area (TPSA) is 13.1 Å². The van der Waals surface area contributed by atoms with Crippen LogP contribution in [-0.4, -0.2) is 0 Å². The molecule has 0 radical (unpaired) electrons. The number of benzene rings is 3. The Morgan fingerprint density at radius 3 is 2.05 bits per heavy atom. The van der Waals surface area contributed by atoms with E-state index >= 15 is 0 Å². The molecule has 22 heavy (non-hydrogen) atoms. The molecule has 2 heteroatoms. The Bertz CT molecular complexity index is 938. The van der Waals surface area contributed by atoms with Crippen LogP contribution in [0.4, 0.5) is 0 Å². The molecule has 0 bridgehead atoms. The summed E-state index contributed by atoms with van der Waals surface area (Å²) in [7, 11) is 0. The van der Waals surface area contributed by atoms with Gasteiger partial charge in [0, 0.05) is 10.9 Å². The average Bonchev–Trinajstić information content (AvgIpc) is 2.93. The van der Waals surface area contributed by atoms with Gasteiger partial charge in [0.2, 0.25) is 0 Å². The lowest BCUT2D eigenvalue weighted by molar-refractivity contribution is 0.630. The van der Waals surface area contributed by atoms with Crippen LogP contribution in [0.15, 0.2) is 83.3 Å². The molecule has 0 aliphatic carbocycles. The smallest absolute Gasteiger partial charge is 0.149 e. The third kappa shape index (κ3) is 2.24. The van der Waals surface area contributed by atoms with Gasteiger partial charge in [-0.3, -0.25) is 0 Å². The normalized spacial score (nSPS) is 11.0. The quantitative estimate of drug-likeness (QED) is 0.359. The molecule has 0 aliphatic rings. The summed E-state index contributed by atoms with van der Waals surface area (Å²) < 4.78 is 7.30. The van der Waals surface area contributed by atoms with Gasteiger partial charge in [-0.2, -0.15) is 0 Å². The molecule has 4 aromatic rings. The third-order valence-electron chi connectivity index (χ3n) is 3.79. The highest BCUT2D eigenvalue weighted by atomic mass is 127. The summed E-state index contributed by atoms with van der Waals surface area (Å²) in [5, 5.41) is 1.17. The Morgan fingerprint density at radius 2 is 1.27 bits per heavy atom. The lowest BCUT2D eigenvalue weighted by atomic mass is 9.98. The van der Waals surface area contributed by atoms with Crippen LogP contribution in [0.25, 0.3) is 33.4 Å². The van der Waals surface area contributed by atoms with Crippen molar-refractivity contribution in [2.24, 2.45) is 0 Å². The molecule has 0 aliphatic heterocycles. The first-order valence-corrected chi connectivity index (χ1v) is 8.24. The lowest BCUT2D eigenvalue weighted by Crippen LogP contribution is -1.84. The number of hydrogen-bond donors (Lipinski definition) is 0. The summed E-state index contributed by atoms with van der Waals surface area (Å²) in [6, 6.07) is 27.0. The highest BCUT2D eigenvalue weighted by molar-refractivity contribution is 14.1. The van der Waals surface area contributed by atoms with Crippen LogP contribution in [0.3, 0.4) is 0 Å². The van der Waals surface area contributed by atoms with E-state index in [1.54, 1.807) is 0 Å². The number of furan rings is 1. The summed E-state index contributed by atoms with van der Waals surface area (Å²) in [5.41, 5.74) is 4.47. The summed E-state index contributed by atoms with van der Waals surface area (Å²) >= 11 is 2.38. The molecule has 0 N–H and O–H groups in total. The second-order valence-electron chi connectivity index (χ2n) is 5.15. The summed E-state index contributed by atoms with van der Waals surface area (Å²) in [4.78, 5) is 0. The fraction of sp³-hybridized carbons (Fsp3) is 0. The van der Waals surface area contributed by atoms with E-state index in [-0.39, 0.29) is 0 Å². The monoisotopic (exact) mass is 396 g/mol. The molecule has 106 valence electrons. The zero-order valence-electron chi connectivity index (χ0n) is 11.8. The van der Waals surface area contributed by atoms with Crippen molar-refractivity contribution in [1.29, 1.82) is 0 Å². The predicted molar refractivity (Wildman–Crippen MR) is 99.8 cm³/mol. The van der Waals surface area contributed by atoms with E-state index < -0.39 is 0 Å². The molecular weight excluding hydrogens is 383 g/mol. The van der Waals surface area contributed by atoms with Crippen LogP contribution in [0, 0.1) is 3.57 Å². The van der Waals surface area contributed by atoms with E-state index in [0.29, 0.717) is 0 Å². The van der Waals surface area contributed by atoms with Crippen molar-refractivity contribution >= 4 is 33.6 Å². The zero-order valence-corrected chi connectivity index (χ0v) is 13.9. The van der Waals surface area contributed by atoms with Gasteiger partial charge in [-0.1, -0.05) is 72.8 Å². The minimum absolute atomic E-state index is 0.935. The van der Waals surface area contributed by atoms with E-state index in [4.69, 9.17) is 4.42 Å². The van der Waals surface area contributed by atoms with Crippen LogP contribution >= 0.6 is 22.6 Å². The first kappa shape index (κ1) is 13.6. The van der Waals surface area contributed by atoms with Crippen molar-refractivity contribution in [3.8, 4) is 22.5 Å². The van der Waals surface area contributed by atoms with Crippen LogP contribution in [0.5, 0.6) is 0 Å². The van der Waals surface area contributed by atoms with Crippen molar-refractivity contribution in [1.82, 2.24) is 0 Å². The highest BCUT2D eigenvalue weighted by Crippen LogP contribution is 2.39. The Kier molecular flexibility index (Phi) is 3.47. The zero-order chi connectivity index (χ0) is 14.9. The molecule has 3 aromatic carbocycles. The van der Waals surface area contributed by atoms with Gasteiger partial charge in [0.15, 0.2) is 0 Å². The molecule has 0 unspecified atom stereocenters. The molecule has 4 rings (SSSR count). The minimum atomic E-state index is 0.935. The third-order valence-corrected chi connectivity index (χ3v) is 4.86. The first-order chi connectivity index (χ1) is 10.8. The molecular formula is C20H13IO. The van der Waals surface area contributed by atoms with Crippen molar-refractivity contribution in [2.75, 3.05) is 0 Å². The molecule has 0 saturated heterocycles. The van der Waals surface area contributed by atoms with Crippen molar-refractivity contribution in [2.45, 2.75) is 0 Å². The fourth-order valence-electron chi connectivity index (χ4n) is 2.74. The Balaban J connectivity index is 1.98. The molecule has 1 heterocycles. The fourth-order valence-corrected chi connectivity index (χ4v) is 3.58. The average molecular weight is 396 g/mol. The van der Waals surface area contributed by atoms with E-state index in [2.05, 4.69) is 77.2 Å². The van der Waals surface area contributed by atoms with E-state index in [0.717, 1.165) is 20.5 Å². The molecule has 0 spiro atoms. The molecule has 1 nitrogen and oxygen atoms in total. The SMILES string of the molecule is Ic1c(-c2ccccc2-c2ccccc2)oc2ccccc12. The molecule has 1 aromatic heterocycles. The number of para-hydroxylation sites is 1. The Hall–Kier alpha value is -2.07. The molecule has 0 amide bonds. The molecule has 0 saturated carbocycles. The standard InChI is InChI=1S/C20H13IO/c21-19-17-12-6-7-13-18(17)22-20(19)16-11-5-4-10-15(16)14-8-2-1-3-9-14/h1-13H. The first-order valence-electron chi connectivity index (χ1n) is 7.16. The second kappa shape index (κ2) is 5.61. The Morgan fingerprint density at radius 1 is 0.636 bits per heavy atom. The van der Waals surface area contributed by atoms with Gasteiger partial charge in [0.05, 0.1) is 3.57 Å². The van der Waals surface area contributed by atoms with Crippen LogP contribution < -0.4 is 0 Å². The van der Waals surface area contributed by atoms with Crippen molar-refractivity contribution in [3.63, 3.8) is 0 Å². The summed E-state index contributed by atoms with van der Waals surface area (Å²) in [6.45, 7) is 0. The molecule has 0 atom stereocenters. The van der Waals surface area contributed by atoms with Gasteiger partial charge in [-0.15, -0.1) is 0 Å². The predicted octanol–water partition coefficient (Wildman–Crippen LogP) is 6.37. The highest BCUT2D eigenvalue weighted by Gasteiger charge is 2.16. The van der Waals surface area contributed by atoms with E-state index in [1.807, 2.05) is 24.3 Å². The summed E-state index contributed by atoms with van der Waals surface area (Å²) in [5.74, 6) is 0.946. The number of rotatable bonds is 2. The maximum Gasteiger partial charge on any atom is 0.149 e. The van der Waals surface area contributed by atoms with Gasteiger partial charge in [-0.05, 0) is 39.8 Å². The summed E-state index contributed by atoms with van der Waals surface area (Å²) in [6.07, 6.45) is 0. The minimum Gasteiger partial charge on any atom is -0.455 e. The lowest BCUT2D eigenvalue weighted by Gasteiger charge is -2.08. The van der Waals surface area contributed by atoms with Crippen LogP contribution in [0.2, 0.25) is 0 Å². The van der Waals surface area contributed by atoms with Crippen molar-refractivity contribution in [3.05, 3.63) is 82.4 Å². The number of hydrogen-bond acceptors (Lipinski definition) is 1. The number of halogens is 1. The largest absolute Gasteiger partial charge is 0.455 e. The van der Waals surface area contributed by atoms with Gasteiger partial charge in [0.1, 0.15) is 11.3 Å². The maximum atomic E-state index is 6.14. The second-order valence-corrected chi connectivity index (χ2v) is 6.23.